The number of hydrogen-bond acceptors (Lipinski definition) is 7. The largest absolute Gasteiger partial charge is 0.465 e. The number of rotatable bonds is 5. The average Bonchev–Trinajstić information content (AvgIpc) is 3.45. The molecule has 0 fully saturated rings. The molecule has 0 bridgehead atoms. The van der Waals surface area contributed by atoms with Crippen LogP contribution in [0.15, 0.2) is 59.3 Å². The minimum absolute atomic E-state index is 0.121. The van der Waals surface area contributed by atoms with Crippen LogP contribution in [-0.2, 0) is 13.6 Å². The van der Waals surface area contributed by atoms with E-state index in [1.807, 2.05) is 24.6 Å². The highest BCUT2D eigenvalue weighted by atomic mass is 16.4. The third-order valence-electron chi connectivity index (χ3n) is 5.70. The van der Waals surface area contributed by atoms with E-state index in [-0.39, 0.29) is 6.54 Å². The van der Waals surface area contributed by atoms with E-state index in [9.17, 15) is 14.7 Å². The molecule has 3 aromatic heterocycles. The summed E-state index contributed by atoms with van der Waals surface area (Å²) in [6.07, 6.45) is 0.360. The van der Waals surface area contributed by atoms with Crippen LogP contribution in [0.3, 0.4) is 0 Å². The summed E-state index contributed by atoms with van der Waals surface area (Å²) in [5.74, 6) is 0.323. The minimum Gasteiger partial charge on any atom is -0.465 e. The summed E-state index contributed by atoms with van der Waals surface area (Å²) in [6, 6.07) is 13.9. The quantitative estimate of drug-likeness (QED) is 0.386. The van der Waals surface area contributed by atoms with Gasteiger partial charge in [0, 0.05) is 25.2 Å². The number of pyridine rings is 1. The summed E-state index contributed by atoms with van der Waals surface area (Å²) in [5.41, 5.74) is 4.83. The molecular weight excluding hydrogens is 448 g/mol. The Morgan fingerprint density at radius 3 is 2.66 bits per heavy atom. The molecule has 5 rings (SSSR count). The van der Waals surface area contributed by atoms with Gasteiger partial charge in [-0.2, -0.15) is 4.98 Å². The van der Waals surface area contributed by atoms with Crippen LogP contribution in [0.2, 0.25) is 0 Å². The van der Waals surface area contributed by atoms with Gasteiger partial charge >= 0.3 is 6.09 Å². The predicted molar refractivity (Wildman–Crippen MR) is 130 cm³/mol. The van der Waals surface area contributed by atoms with E-state index in [1.54, 1.807) is 55.8 Å². The topological polar surface area (TPSA) is 126 Å². The Morgan fingerprint density at radius 2 is 1.91 bits per heavy atom. The smallest absolute Gasteiger partial charge is 0.414 e. The third-order valence-corrected chi connectivity index (χ3v) is 5.70. The number of imidazole rings is 1. The van der Waals surface area contributed by atoms with Gasteiger partial charge in [0.2, 0.25) is 5.89 Å². The molecule has 5 aromatic rings. The van der Waals surface area contributed by atoms with Gasteiger partial charge in [0.05, 0.1) is 12.9 Å². The first kappa shape index (κ1) is 22.1. The van der Waals surface area contributed by atoms with Crippen molar-refractivity contribution in [3.63, 3.8) is 0 Å². The fourth-order valence-corrected chi connectivity index (χ4v) is 4.02. The van der Waals surface area contributed by atoms with E-state index in [1.165, 1.54) is 0 Å². The third kappa shape index (κ3) is 3.95. The number of nitrogens with zero attached hydrogens (tertiary/aromatic N) is 5. The van der Waals surface area contributed by atoms with E-state index in [0.29, 0.717) is 45.1 Å². The maximum atomic E-state index is 12.9. The number of nitrogens with one attached hydrogen (secondary N) is 1. The number of hydrogen-bond donors (Lipinski definition) is 2. The van der Waals surface area contributed by atoms with Crippen LogP contribution in [-0.4, -0.2) is 48.6 Å². The predicted octanol–water partition coefficient (Wildman–Crippen LogP) is 4.45. The number of aromatic nitrogens is 4. The number of oxazole rings is 1. The summed E-state index contributed by atoms with van der Waals surface area (Å²) >= 11 is 0. The lowest BCUT2D eigenvalue weighted by Crippen LogP contribution is -2.35. The number of imide groups is 1. The van der Waals surface area contributed by atoms with Crippen LogP contribution in [0.25, 0.3) is 33.7 Å². The lowest BCUT2D eigenvalue weighted by Gasteiger charge is -2.18. The van der Waals surface area contributed by atoms with Gasteiger partial charge in [0.25, 0.3) is 11.6 Å². The summed E-state index contributed by atoms with van der Waals surface area (Å²) in [5, 5.41) is 12.8. The molecule has 10 nitrogen and oxygen atoms in total. The molecule has 176 valence electrons. The molecular formula is C25H22N6O4. The van der Waals surface area contributed by atoms with Crippen molar-refractivity contribution in [1.82, 2.24) is 24.4 Å². The van der Waals surface area contributed by atoms with E-state index in [2.05, 4.69) is 20.3 Å². The highest BCUT2D eigenvalue weighted by Gasteiger charge is 2.23. The monoisotopic (exact) mass is 470 g/mol. The Labute approximate surface area is 199 Å². The number of carbonyl (C=O) groups is 2. The highest BCUT2D eigenvalue weighted by molar-refractivity contribution is 6.04. The van der Waals surface area contributed by atoms with Crippen molar-refractivity contribution in [2.24, 2.45) is 7.05 Å². The molecule has 35 heavy (non-hydrogen) atoms. The lowest BCUT2D eigenvalue weighted by molar-refractivity contribution is 0.0729. The number of anilines is 1. The summed E-state index contributed by atoms with van der Waals surface area (Å²) in [4.78, 5) is 39.1. The fraction of sp³-hybridized carbons (Fsp3) is 0.160. The van der Waals surface area contributed by atoms with Crippen LogP contribution in [0, 0.1) is 6.92 Å². The van der Waals surface area contributed by atoms with E-state index < -0.39 is 12.0 Å². The first-order valence-corrected chi connectivity index (χ1v) is 10.9. The molecule has 3 heterocycles. The summed E-state index contributed by atoms with van der Waals surface area (Å²) < 4.78 is 7.82. The Kier molecular flexibility index (Phi) is 5.40. The van der Waals surface area contributed by atoms with E-state index >= 15 is 0 Å². The summed E-state index contributed by atoms with van der Waals surface area (Å²) in [7, 11) is 3.63. The minimum atomic E-state index is -1.33. The van der Waals surface area contributed by atoms with Crippen molar-refractivity contribution >= 4 is 40.1 Å². The van der Waals surface area contributed by atoms with Gasteiger partial charge in [-0.1, -0.05) is 29.8 Å². The molecule has 0 aliphatic rings. The zero-order chi connectivity index (χ0) is 24.7. The number of benzene rings is 2. The van der Waals surface area contributed by atoms with Crippen LogP contribution in [0.4, 0.5) is 10.6 Å². The van der Waals surface area contributed by atoms with Gasteiger partial charge in [0.1, 0.15) is 11.0 Å². The number of amides is 2. The van der Waals surface area contributed by atoms with Crippen LogP contribution >= 0.6 is 0 Å². The first-order chi connectivity index (χ1) is 16.9. The first-order valence-electron chi connectivity index (χ1n) is 10.9. The maximum Gasteiger partial charge on any atom is 0.414 e. The zero-order valence-electron chi connectivity index (χ0n) is 19.3. The highest BCUT2D eigenvalue weighted by Crippen LogP contribution is 2.31. The van der Waals surface area contributed by atoms with Crippen LogP contribution in [0.1, 0.15) is 21.5 Å². The van der Waals surface area contributed by atoms with Gasteiger partial charge in [-0.3, -0.25) is 4.79 Å². The fourth-order valence-electron chi connectivity index (χ4n) is 4.02. The Hall–Kier alpha value is -4.73. The van der Waals surface area contributed by atoms with Crippen molar-refractivity contribution in [2.75, 3.05) is 12.4 Å². The van der Waals surface area contributed by atoms with Crippen molar-refractivity contribution in [3.8, 4) is 11.5 Å². The Morgan fingerprint density at radius 1 is 1.11 bits per heavy atom. The van der Waals surface area contributed by atoms with Crippen molar-refractivity contribution in [2.45, 2.75) is 13.5 Å². The second-order valence-corrected chi connectivity index (χ2v) is 8.18. The molecule has 0 atom stereocenters. The molecule has 0 radical (unpaired) electrons. The van der Waals surface area contributed by atoms with Crippen molar-refractivity contribution in [3.05, 3.63) is 71.5 Å². The van der Waals surface area contributed by atoms with E-state index in [0.717, 1.165) is 16.0 Å². The molecule has 2 aromatic carbocycles. The van der Waals surface area contributed by atoms with Crippen molar-refractivity contribution in [1.29, 1.82) is 0 Å². The average molecular weight is 470 g/mol. The lowest BCUT2D eigenvalue weighted by atomic mass is 10.1. The number of fused-ring (bicyclic) bond motifs is 3. The van der Waals surface area contributed by atoms with Crippen LogP contribution < -0.4 is 5.32 Å². The molecule has 2 N–H and O–H groups in total. The number of carbonyl (C=O) groups excluding carboxylic acids is 1. The van der Waals surface area contributed by atoms with Gasteiger partial charge < -0.3 is 19.4 Å². The second-order valence-electron chi connectivity index (χ2n) is 8.18. The molecule has 2 amide bonds. The molecule has 10 heteroatoms. The molecule has 0 aliphatic heterocycles. The standard InChI is InChI=1S/C25H22N6O4/c1-14-6-4-9-17(10-14)24(32)31(25(33)34)12-15-7-5-8-16(11-15)22-28-19-20-18(27-13-30(20)3)21(26-2)29-23(19)35-22/h4-11,13H,12H2,1-3H3,(H,26,29)(H,33,34). The molecule has 0 saturated carbocycles. The molecule has 0 unspecified atom stereocenters. The SMILES string of the molecule is CNc1nc2oc(-c3cccc(CN(C(=O)O)C(=O)c4cccc(C)c4)c3)nc2c2c1ncn2C. The molecule has 0 aliphatic carbocycles. The van der Waals surface area contributed by atoms with Gasteiger partial charge in [-0.05, 0) is 36.8 Å². The van der Waals surface area contributed by atoms with Crippen LogP contribution in [0.5, 0.6) is 0 Å². The molecule has 0 saturated heterocycles. The van der Waals surface area contributed by atoms with Crippen molar-refractivity contribution < 1.29 is 19.1 Å². The number of carboxylic acid groups (broad SMARTS) is 1. The Balaban J connectivity index is 1.51. The second kappa shape index (κ2) is 8.56. The number of aryl methyl sites for hydroxylation is 2. The van der Waals surface area contributed by atoms with Gasteiger partial charge in [-0.15, -0.1) is 0 Å². The Bertz CT molecular complexity index is 1600. The van der Waals surface area contributed by atoms with Gasteiger partial charge in [0.15, 0.2) is 11.3 Å². The normalized spacial score (nSPS) is 11.2. The maximum absolute atomic E-state index is 12.9. The van der Waals surface area contributed by atoms with E-state index in [4.69, 9.17) is 4.42 Å². The molecule has 0 spiro atoms. The zero-order valence-corrected chi connectivity index (χ0v) is 19.3. The van der Waals surface area contributed by atoms with Gasteiger partial charge in [-0.25, -0.2) is 19.7 Å². The summed E-state index contributed by atoms with van der Waals surface area (Å²) in [6.45, 7) is 1.73.